The second-order valence-corrected chi connectivity index (χ2v) is 6.28. The lowest BCUT2D eigenvalue weighted by Gasteiger charge is -2.12. The van der Waals surface area contributed by atoms with Crippen LogP contribution in [0.3, 0.4) is 0 Å². The Kier molecular flexibility index (Phi) is 5.04. The molecule has 0 fully saturated rings. The third kappa shape index (κ3) is 4.61. The number of aromatic nitrogens is 2. The molecule has 1 aromatic carbocycles. The van der Waals surface area contributed by atoms with Gasteiger partial charge in [0.1, 0.15) is 5.75 Å². The highest BCUT2D eigenvalue weighted by atomic mass is 35.5. The largest absolute Gasteiger partial charge is 0.573 e. The number of ether oxygens (including phenoxy) is 2. The maximum atomic E-state index is 12.3. The highest BCUT2D eigenvalue weighted by Gasteiger charge is 2.31. The molecule has 0 bridgehead atoms. The molecule has 0 radical (unpaired) electrons. The van der Waals surface area contributed by atoms with Crippen molar-refractivity contribution in [1.82, 2.24) is 10.2 Å². The Hall–Kier alpha value is -2.27. The smallest absolute Gasteiger partial charge is 0.493 e. The number of methoxy groups -OCH3 is 1. The minimum absolute atomic E-state index is 0.0127. The van der Waals surface area contributed by atoms with E-state index in [-0.39, 0.29) is 16.7 Å². The molecule has 2 aromatic rings. The van der Waals surface area contributed by atoms with Crippen LogP contribution in [-0.4, -0.2) is 32.1 Å². The number of nitrogens with one attached hydrogen (secondary N) is 1. The van der Waals surface area contributed by atoms with Gasteiger partial charge in [-0.25, -0.2) is 8.42 Å². The van der Waals surface area contributed by atoms with Gasteiger partial charge in [-0.3, -0.25) is 4.72 Å². The number of halogens is 4. The van der Waals surface area contributed by atoms with E-state index < -0.39 is 27.0 Å². The molecule has 0 saturated carbocycles. The van der Waals surface area contributed by atoms with Crippen molar-refractivity contribution in [3.8, 4) is 11.5 Å². The fourth-order valence-electron chi connectivity index (χ4n) is 1.60. The molecule has 0 amide bonds. The molecule has 7 nitrogen and oxygen atoms in total. The van der Waals surface area contributed by atoms with Gasteiger partial charge in [-0.1, -0.05) is 17.7 Å². The fraction of sp³-hybridized carbons (Fsp3) is 0.167. The zero-order valence-electron chi connectivity index (χ0n) is 11.8. The average molecular weight is 384 g/mol. The molecule has 1 heterocycles. The summed E-state index contributed by atoms with van der Waals surface area (Å²) < 4.78 is 71.8. The van der Waals surface area contributed by atoms with E-state index in [2.05, 4.69) is 14.9 Å². The predicted molar refractivity (Wildman–Crippen MR) is 77.5 cm³/mol. The lowest BCUT2D eigenvalue weighted by Crippen LogP contribution is -2.18. The van der Waals surface area contributed by atoms with Crippen molar-refractivity contribution < 1.29 is 31.1 Å². The number of hydrogen-bond acceptors (Lipinski definition) is 6. The van der Waals surface area contributed by atoms with Crippen LogP contribution >= 0.6 is 11.6 Å². The summed E-state index contributed by atoms with van der Waals surface area (Å²) in [7, 11) is -3.01. The normalized spacial score (nSPS) is 11.9. The Labute approximate surface area is 139 Å². The molecular weight excluding hydrogens is 375 g/mol. The molecule has 130 valence electrons. The van der Waals surface area contributed by atoms with E-state index in [1.165, 1.54) is 13.2 Å². The van der Waals surface area contributed by atoms with Crippen LogP contribution < -0.4 is 14.2 Å². The number of rotatable bonds is 5. The highest BCUT2D eigenvalue weighted by Crippen LogP contribution is 2.28. The number of sulfonamides is 1. The monoisotopic (exact) mass is 383 g/mol. The van der Waals surface area contributed by atoms with E-state index >= 15 is 0 Å². The molecule has 0 spiro atoms. The summed E-state index contributed by atoms with van der Waals surface area (Å²) in [6, 6.07) is 5.08. The molecule has 0 aliphatic carbocycles. The number of alkyl halides is 3. The second kappa shape index (κ2) is 6.69. The third-order valence-corrected chi connectivity index (χ3v) is 4.05. The van der Waals surface area contributed by atoms with Crippen molar-refractivity contribution >= 4 is 27.4 Å². The number of hydrogen-bond donors (Lipinski definition) is 1. The maximum Gasteiger partial charge on any atom is 0.573 e. The molecule has 24 heavy (non-hydrogen) atoms. The van der Waals surface area contributed by atoms with Crippen LogP contribution in [0.1, 0.15) is 0 Å². The van der Waals surface area contributed by atoms with Crippen molar-refractivity contribution in [3.63, 3.8) is 0 Å². The summed E-state index contributed by atoms with van der Waals surface area (Å²) in [6.45, 7) is 0. The third-order valence-electron chi connectivity index (χ3n) is 2.53. The Morgan fingerprint density at radius 2 is 1.92 bits per heavy atom. The van der Waals surface area contributed by atoms with Gasteiger partial charge in [0.15, 0.2) is 10.9 Å². The van der Waals surface area contributed by atoms with Crippen molar-refractivity contribution in [2.24, 2.45) is 0 Å². The van der Waals surface area contributed by atoms with E-state index in [1.54, 1.807) is 0 Å². The van der Waals surface area contributed by atoms with Crippen LogP contribution in [0, 0.1) is 0 Å². The van der Waals surface area contributed by atoms with Gasteiger partial charge in [0.25, 0.3) is 10.0 Å². The summed E-state index contributed by atoms with van der Waals surface area (Å²) in [5.41, 5.74) is 0. The highest BCUT2D eigenvalue weighted by molar-refractivity contribution is 7.92. The van der Waals surface area contributed by atoms with Crippen LogP contribution in [0.15, 0.2) is 35.2 Å². The quantitative estimate of drug-likeness (QED) is 0.853. The van der Waals surface area contributed by atoms with Crippen LogP contribution in [0.25, 0.3) is 0 Å². The van der Waals surface area contributed by atoms with Gasteiger partial charge < -0.3 is 9.47 Å². The van der Waals surface area contributed by atoms with E-state index in [9.17, 15) is 21.6 Å². The molecule has 12 heteroatoms. The summed E-state index contributed by atoms with van der Waals surface area (Å²) in [5, 5.41) is 6.97. The zero-order valence-corrected chi connectivity index (χ0v) is 13.4. The lowest BCUT2D eigenvalue weighted by molar-refractivity contribution is -0.274. The predicted octanol–water partition coefficient (Wildman–Crippen LogP) is 2.84. The summed E-state index contributed by atoms with van der Waals surface area (Å²) in [6.07, 6.45) is -4.94. The molecule has 1 aromatic heterocycles. The lowest BCUT2D eigenvalue weighted by atomic mass is 10.3. The first-order valence-electron chi connectivity index (χ1n) is 6.06. The van der Waals surface area contributed by atoms with E-state index in [0.717, 1.165) is 18.2 Å². The first kappa shape index (κ1) is 18.1. The summed E-state index contributed by atoms with van der Waals surface area (Å²) >= 11 is 5.61. The number of nitrogens with zero attached hydrogens (tertiary/aromatic N) is 2. The van der Waals surface area contributed by atoms with Gasteiger partial charge in [0.2, 0.25) is 5.82 Å². The first-order valence-corrected chi connectivity index (χ1v) is 7.93. The van der Waals surface area contributed by atoms with Crippen molar-refractivity contribution in [2.45, 2.75) is 11.3 Å². The second-order valence-electron chi connectivity index (χ2n) is 4.21. The zero-order chi connectivity index (χ0) is 18.0. The van der Waals surface area contributed by atoms with E-state index in [4.69, 9.17) is 16.3 Å². The standard InChI is InChI=1S/C12H9ClF3N3O4S/c1-22-9-6-10(13)17-18-11(9)19-24(20,21)8-4-2-3-7(5-8)23-12(14,15)16/h2-6H,1H3,(H,18,19). The molecular formula is C12H9ClF3N3O4S. The Bertz CT molecular complexity index is 846. The van der Waals surface area contributed by atoms with Gasteiger partial charge in [-0.15, -0.1) is 23.4 Å². The van der Waals surface area contributed by atoms with Gasteiger partial charge in [-0.05, 0) is 12.1 Å². The van der Waals surface area contributed by atoms with E-state index in [0.29, 0.717) is 6.07 Å². The van der Waals surface area contributed by atoms with Gasteiger partial charge in [0, 0.05) is 12.1 Å². The van der Waals surface area contributed by atoms with Crippen molar-refractivity contribution in [3.05, 3.63) is 35.5 Å². The molecule has 0 unspecified atom stereocenters. The Balaban J connectivity index is 2.33. The average Bonchev–Trinajstić information content (AvgIpc) is 2.47. The maximum absolute atomic E-state index is 12.3. The molecule has 2 rings (SSSR count). The van der Waals surface area contributed by atoms with E-state index in [1.807, 2.05) is 4.72 Å². The molecule has 0 aliphatic rings. The summed E-state index contributed by atoms with van der Waals surface area (Å²) in [4.78, 5) is -0.469. The van der Waals surface area contributed by atoms with Crippen LogP contribution in [0.4, 0.5) is 19.0 Å². The van der Waals surface area contributed by atoms with Gasteiger partial charge in [-0.2, -0.15) is 0 Å². The molecule has 1 N–H and O–H groups in total. The van der Waals surface area contributed by atoms with Gasteiger partial charge >= 0.3 is 6.36 Å². The minimum atomic E-state index is -4.94. The molecule has 0 saturated heterocycles. The fourth-order valence-corrected chi connectivity index (χ4v) is 2.78. The Morgan fingerprint density at radius 3 is 2.54 bits per heavy atom. The van der Waals surface area contributed by atoms with Gasteiger partial charge in [0.05, 0.1) is 12.0 Å². The minimum Gasteiger partial charge on any atom is -0.493 e. The Morgan fingerprint density at radius 1 is 1.21 bits per heavy atom. The molecule has 0 aliphatic heterocycles. The van der Waals surface area contributed by atoms with Crippen LogP contribution in [0.5, 0.6) is 11.5 Å². The molecule has 0 atom stereocenters. The number of anilines is 1. The number of benzene rings is 1. The SMILES string of the molecule is COc1cc(Cl)nnc1NS(=O)(=O)c1cccc(OC(F)(F)F)c1. The topological polar surface area (TPSA) is 90.4 Å². The first-order chi connectivity index (χ1) is 11.1. The summed E-state index contributed by atoms with van der Waals surface area (Å²) in [5.74, 6) is -0.968. The van der Waals surface area contributed by atoms with Crippen molar-refractivity contribution in [2.75, 3.05) is 11.8 Å². The van der Waals surface area contributed by atoms with Crippen molar-refractivity contribution in [1.29, 1.82) is 0 Å². The van der Waals surface area contributed by atoms with Crippen LogP contribution in [-0.2, 0) is 10.0 Å². The van der Waals surface area contributed by atoms with Crippen LogP contribution in [0.2, 0.25) is 5.15 Å².